The number of ether oxygens (including phenoxy) is 4. The van der Waals surface area contributed by atoms with Gasteiger partial charge in [0.05, 0.1) is 13.2 Å². The van der Waals surface area contributed by atoms with Crippen molar-refractivity contribution in [3.63, 3.8) is 0 Å². The summed E-state index contributed by atoms with van der Waals surface area (Å²) >= 11 is 0. The molecule has 2 fully saturated rings. The molecule has 0 aromatic heterocycles. The molecule has 2 aliphatic rings. The molecule has 20 heavy (non-hydrogen) atoms. The molecule has 5 nitrogen and oxygen atoms in total. The Labute approximate surface area is 118 Å². The number of hydrogen-bond acceptors (Lipinski definition) is 5. The first-order valence-electron chi connectivity index (χ1n) is 6.86. The predicted molar refractivity (Wildman–Crippen MR) is 70.8 cm³/mol. The van der Waals surface area contributed by atoms with E-state index in [1.54, 1.807) is 0 Å². The highest BCUT2D eigenvalue weighted by Gasteiger charge is 2.55. The van der Waals surface area contributed by atoms with Gasteiger partial charge in [0.15, 0.2) is 12.1 Å². The zero-order chi connectivity index (χ0) is 14.2. The van der Waals surface area contributed by atoms with Gasteiger partial charge in [-0.25, -0.2) is 0 Å². The highest BCUT2D eigenvalue weighted by atomic mass is 16.8. The van der Waals surface area contributed by atoms with Crippen molar-refractivity contribution in [1.82, 2.24) is 0 Å². The number of benzene rings is 1. The summed E-state index contributed by atoms with van der Waals surface area (Å²) in [7, 11) is 0. The number of rotatable bonds is 4. The standard InChI is InChI=1S/C15H20O5/c1-15(2)19-12-11(8-16)18-14(13(12)20-15)17-9-10-6-4-3-5-7-10/h3-7,11-14,16H,8-9H2,1-2H3/t11-,12-,13-,14-/m1/s1. The molecule has 1 aromatic carbocycles. The molecule has 4 atom stereocenters. The normalized spacial score (nSPS) is 35.1. The van der Waals surface area contributed by atoms with Crippen LogP contribution in [0.25, 0.3) is 0 Å². The smallest absolute Gasteiger partial charge is 0.187 e. The van der Waals surface area contributed by atoms with Gasteiger partial charge in [-0.15, -0.1) is 0 Å². The third-order valence-corrected chi connectivity index (χ3v) is 3.54. The van der Waals surface area contributed by atoms with Gasteiger partial charge in [-0.1, -0.05) is 30.3 Å². The average molecular weight is 280 g/mol. The molecule has 5 heteroatoms. The first kappa shape index (κ1) is 14.0. The van der Waals surface area contributed by atoms with Crippen LogP contribution in [-0.2, 0) is 25.6 Å². The Morgan fingerprint density at radius 3 is 2.55 bits per heavy atom. The van der Waals surface area contributed by atoms with E-state index in [9.17, 15) is 5.11 Å². The Morgan fingerprint density at radius 1 is 1.15 bits per heavy atom. The maximum Gasteiger partial charge on any atom is 0.187 e. The Bertz CT molecular complexity index is 447. The molecule has 0 aliphatic carbocycles. The van der Waals surface area contributed by atoms with Crippen LogP contribution in [0.1, 0.15) is 19.4 Å². The minimum Gasteiger partial charge on any atom is -0.394 e. The van der Waals surface area contributed by atoms with Crippen molar-refractivity contribution in [2.24, 2.45) is 0 Å². The lowest BCUT2D eigenvalue weighted by Gasteiger charge is -2.23. The van der Waals surface area contributed by atoms with Crippen molar-refractivity contribution < 1.29 is 24.1 Å². The van der Waals surface area contributed by atoms with Crippen molar-refractivity contribution in [3.05, 3.63) is 35.9 Å². The van der Waals surface area contributed by atoms with Gasteiger partial charge in [0, 0.05) is 0 Å². The van der Waals surface area contributed by atoms with Crippen LogP contribution >= 0.6 is 0 Å². The Balaban J connectivity index is 1.65. The van der Waals surface area contributed by atoms with Crippen LogP contribution < -0.4 is 0 Å². The van der Waals surface area contributed by atoms with Crippen LogP contribution in [0.2, 0.25) is 0 Å². The number of fused-ring (bicyclic) bond motifs is 1. The summed E-state index contributed by atoms with van der Waals surface area (Å²) in [5.74, 6) is -0.666. The fourth-order valence-corrected chi connectivity index (χ4v) is 2.68. The fourth-order valence-electron chi connectivity index (χ4n) is 2.68. The summed E-state index contributed by atoms with van der Waals surface area (Å²) in [6.45, 7) is 4.05. The first-order chi connectivity index (χ1) is 9.59. The third kappa shape index (κ3) is 2.73. The van der Waals surface area contributed by atoms with Crippen molar-refractivity contribution in [3.8, 4) is 0 Å². The molecule has 2 aliphatic heterocycles. The van der Waals surface area contributed by atoms with Gasteiger partial charge >= 0.3 is 0 Å². The van der Waals surface area contributed by atoms with Gasteiger partial charge in [-0.2, -0.15) is 0 Å². The molecule has 0 radical (unpaired) electrons. The lowest BCUT2D eigenvalue weighted by atomic mass is 10.1. The molecule has 3 rings (SSSR count). The predicted octanol–water partition coefficient (Wildman–Crippen LogP) is 1.44. The van der Waals surface area contributed by atoms with Crippen molar-refractivity contribution in [2.75, 3.05) is 6.61 Å². The van der Waals surface area contributed by atoms with Gasteiger partial charge in [-0.05, 0) is 19.4 Å². The molecule has 0 bridgehead atoms. The van der Waals surface area contributed by atoms with Crippen LogP contribution in [-0.4, -0.2) is 42.1 Å². The lowest BCUT2D eigenvalue weighted by Crippen LogP contribution is -2.32. The van der Waals surface area contributed by atoms with Crippen molar-refractivity contribution >= 4 is 0 Å². The second kappa shape index (κ2) is 5.42. The van der Waals surface area contributed by atoms with Crippen molar-refractivity contribution in [1.29, 1.82) is 0 Å². The number of hydrogen-bond donors (Lipinski definition) is 1. The second-order valence-electron chi connectivity index (χ2n) is 5.59. The van der Waals surface area contributed by atoms with E-state index < -0.39 is 18.2 Å². The van der Waals surface area contributed by atoms with Crippen LogP contribution in [0, 0.1) is 0 Å². The maximum atomic E-state index is 9.37. The Hall–Kier alpha value is -0.980. The lowest BCUT2D eigenvalue weighted by molar-refractivity contribution is -0.239. The van der Waals surface area contributed by atoms with Crippen molar-refractivity contribution in [2.45, 2.75) is 50.8 Å². The van der Waals surface area contributed by atoms with Gasteiger partial charge in [-0.3, -0.25) is 0 Å². The highest BCUT2D eigenvalue weighted by Crippen LogP contribution is 2.39. The monoisotopic (exact) mass is 280 g/mol. The van der Waals surface area contributed by atoms with Crippen LogP contribution in [0.5, 0.6) is 0 Å². The summed E-state index contributed by atoms with van der Waals surface area (Å²) in [4.78, 5) is 0. The fraction of sp³-hybridized carbons (Fsp3) is 0.600. The highest BCUT2D eigenvalue weighted by molar-refractivity contribution is 5.13. The van der Waals surface area contributed by atoms with Gasteiger partial charge in [0.2, 0.25) is 0 Å². The summed E-state index contributed by atoms with van der Waals surface area (Å²) in [5.41, 5.74) is 1.07. The van der Waals surface area contributed by atoms with Gasteiger partial charge < -0.3 is 24.1 Å². The molecule has 1 N–H and O–H groups in total. The van der Waals surface area contributed by atoms with E-state index in [0.717, 1.165) is 5.56 Å². The molecular formula is C15H20O5. The molecule has 0 amide bonds. The summed E-state index contributed by atoms with van der Waals surface area (Å²) in [6, 6.07) is 9.87. The van der Waals surface area contributed by atoms with E-state index in [4.69, 9.17) is 18.9 Å². The van der Waals surface area contributed by atoms with Gasteiger partial charge in [0.25, 0.3) is 0 Å². The average Bonchev–Trinajstić information content (AvgIpc) is 2.91. The Morgan fingerprint density at radius 2 is 1.85 bits per heavy atom. The minimum absolute atomic E-state index is 0.105. The number of aliphatic hydroxyl groups excluding tert-OH is 1. The maximum absolute atomic E-state index is 9.37. The molecule has 2 heterocycles. The molecule has 110 valence electrons. The summed E-state index contributed by atoms with van der Waals surface area (Å²) in [5, 5.41) is 9.37. The molecule has 2 saturated heterocycles. The summed E-state index contributed by atoms with van der Waals surface area (Å²) in [6.07, 6.45) is -1.50. The van der Waals surface area contributed by atoms with Crippen LogP contribution in [0.4, 0.5) is 0 Å². The zero-order valence-electron chi connectivity index (χ0n) is 11.7. The second-order valence-corrected chi connectivity index (χ2v) is 5.59. The molecule has 1 aromatic rings. The molecular weight excluding hydrogens is 260 g/mol. The molecule has 0 unspecified atom stereocenters. The van der Waals surface area contributed by atoms with E-state index in [2.05, 4.69) is 0 Å². The SMILES string of the molecule is CC1(C)O[C@H]2[C@H](OCc3ccccc3)O[C@H](CO)[C@H]2O1. The van der Waals surface area contributed by atoms with Gasteiger partial charge in [0.1, 0.15) is 18.3 Å². The zero-order valence-corrected chi connectivity index (χ0v) is 11.7. The Kier molecular flexibility index (Phi) is 3.79. The third-order valence-electron chi connectivity index (χ3n) is 3.54. The van der Waals surface area contributed by atoms with E-state index in [1.807, 2.05) is 44.2 Å². The van der Waals surface area contributed by atoms with Crippen LogP contribution in [0.3, 0.4) is 0 Å². The molecule has 0 saturated carbocycles. The topological polar surface area (TPSA) is 57.2 Å². The number of aliphatic hydroxyl groups is 1. The van der Waals surface area contributed by atoms with E-state index in [0.29, 0.717) is 6.61 Å². The van der Waals surface area contributed by atoms with E-state index in [-0.39, 0.29) is 18.8 Å². The minimum atomic E-state index is -0.666. The first-order valence-corrected chi connectivity index (χ1v) is 6.86. The van der Waals surface area contributed by atoms with E-state index in [1.165, 1.54) is 0 Å². The summed E-state index contributed by atoms with van der Waals surface area (Å²) < 4.78 is 23.1. The largest absolute Gasteiger partial charge is 0.394 e. The van der Waals surface area contributed by atoms with Crippen LogP contribution in [0.15, 0.2) is 30.3 Å². The quantitative estimate of drug-likeness (QED) is 0.904. The van der Waals surface area contributed by atoms with E-state index >= 15 is 0 Å². The molecule has 0 spiro atoms.